The fraction of sp³-hybridized carbons (Fsp3) is 0.938. The highest BCUT2D eigenvalue weighted by Crippen LogP contribution is 2.29. The molecule has 4 atom stereocenters. The number of hydrogen-bond acceptors (Lipinski definition) is 4. The van der Waals surface area contributed by atoms with Crippen molar-refractivity contribution in [2.24, 2.45) is 11.8 Å². The Morgan fingerprint density at radius 1 is 1.18 bits per heavy atom. The molecule has 2 fully saturated rings. The zero-order chi connectivity index (χ0) is 16.5. The number of likely N-dealkylation sites (tertiary alicyclic amines) is 1. The quantitative estimate of drug-likeness (QED) is 0.781. The summed E-state index contributed by atoms with van der Waals surface area (Å²) in [7, 11) is -1.15. The molecule has 128 valence electrons. The SMILES string of the molecule is C[C@@H]1C[C@H](C)CN(C(=O)CN(C)[C@H]2CCC[C@H]2S(C)(=O)=O)C1. The highest BCUT2D eigenvalue weighted by Gasteiger charge is 2.38. The maximum absolute atomic E-state index is 12.5. The molecular weight excluding hydrogens is 300 g/mol. The number of amides is 1. The zero-order valence-electron chi connectivity index (χ0n) is 14.3. The summed E-state index contributed by atoms with van der Waals surface area (Å²) in [4.78, 5) is 16.5. The fourth-order valence-corrected chi connectivity index (χ4v) is 5.72. The molecule has 1 amide bonds. The Labute approximate surface area is 135 Å². The Morgan fingerprint density at radius 3 is 2.32 bits per heavy atom. The normalized spacial score (nSPS) is 33.4. The molecule has 0 aromatic rings. The van der Waals surface area contributed by atoms with E-state index in [1.54, 1.807) is 0 Å². The van der Waals surface area contributed by atoms with Crippen LogP contribution in [-0.4, -0.2) is 68.4 Å². The van der Waals surface area contributed by atoms with Gasteiger partial charge in [-0.1, -0.05) is 20.3 Å². The van der Waals surface area contributed by atoms with Crippen molar-refractivity contribution in [1.29, 1.82) is 0 Å². The molecule has 5 nitrogen and oxygen atoms in total. The monoisotopic (exact) mass is 330 g/mol. The van der Waals surface area contributed by atoms with E-state index < -0.39 is 9.84 Å². The second-order valence-corrected chi connectivity index (χ2v) is 9.79. The maximum atomic E-state index is 12.5. The van der Waals surface area contributed by atoms with Crippen LogP contribution in [0.1, 0.15) is 39.5 Å². The summed E-state index contributed by atoms with van der Waals surface area (Å²) in [6.45, 7) is 6.37. The molecule has 0 N–H and O–H groups in total. The van der Waals surface area contributed by atoms with Crippen LogP contribution in [0.15, 0.2) is 0 Å². The molecule has 0 aromatic carbocycles. The molecule has 0 spiro atoms. The summed E-state index contributed by atoms with van der Waals surface area (Å²) in [5.41, 5.74) is 0. The van der Waals surface area contributed by atoms with Crippen LogP contribution in [0.4, 0.5) is 0 Å². The van der Waals surface area contributed by atoms with Crippen molar-refractivity contribution in [3.05, 3.63) is 0 Å². The standard InChI is InChI=1S/C16H30N2O3S/c1-12-8-13(2)10-18(9-12)16(19)11-17(3)14-6-5-7-15(14)22(4,20)21/h12-15H,5-11H2,1-4H3/t12-,13+,14-,15+/m0/s1. The Morgan fingerprint density at radius 2 is 1.77 bits per heavy atom. The Kier molecular flexibility index (Phi) is 5.54. The van der Waals surface area contributed by atoms with Crippen LogP contribution >= 0.6 is 0 Å². The number of likely N-dealkylation sites (N-methyl/N-ethyl adjacent to an activating group) is 1. The van der Waals surface area contributed by atoms with E-state index in [2.05, 4.69) is 13.8 Å². The van der Waals surface area contributed by atoms with Crippen molar-refractivity contribution in [2.75, 3.05) is 32.9 Å². The van der Waals surface area contributed by atoms with E-state index in [0.29, 0.717) is 18.4 Å². The number of carbonyl (C=O) groups excluding carboxylic acids is 1. The van der Waals surface area contributed by atoms with Gasteiger partial charge in [-0.3, -0.25) is 9.69 Å². The summed E-state index contributed by atoms with van der Waals surface area (Å²) in [6.07, 6.45) is 5.02. The average molecular weight is 330 g/mol. The summed E-state index contributed by atoms with van der Waals surface area (Å²) < 4.78 is 23.8. The van der Waals surface area contributed by atoms with Gasteiger partial charge in [0.05, 0.1) is 11.8 Å². The van der Waals surface area contributed by atoms with Crippen LogP contribution in [0.3, 0.4) is 0 Å². The molecule has 1 saturated heterocycles. The van der Waals surface area contributed by atoms with E-state index >= 15 is 0 Å². The predicted octanol–water partition coefficient (Wildman–Crippen LogP) is 1.39. The van der Waals surface area contributed by atoms with Crippen molar-refractivity contribution in [2.45, 2.75) is 50.8 Å². The number of piperidine rings is 1. The summed E-state index contributed by atoms with van der Waals surface area (Å²) >= 11 is 0. The van der Waals surface area contributed by atoms with Gasteiger partial charge in [0.1, 0.15) is 0 Å². The lowest BCUT2D eigenvalue weighted by molar-refractivity contribution is -0.135. The van der Waals surface area contributed by atoms with E-state index in [9.17, 15) is 13.2 Å². The molecule has 2 aliphatic rings. The first-order valence-electron chi connectivity index (χ1n) is 8.35. The fourth-order valence-electron chi connectivity index (χ4n) is 4.21. The van der Waals surface area contributed by atoms with E-state index in [1.807, 2.05) is 16.8 Å². The summed E-state index contributed by atoms with van der Waals surface area (Å²) in [5.74, 6) is 1.24. The number of carbonyl (C=O) groups is 1. The minimum atomic E-state index is -3.04. The van der Waals surface area contributed by atoms with Crippen LogP contribution in [0.25, 0.3) is 0 Å². The van der Waals surface area contributed by atoms with Crippen LogP contribution in [0.5, 0.6) is 0 Å². The Balaban J connectivity index is 1.96. The van der Waals surface area contributed by atoms with Crippen molar-refractivity contribution in [3.8, 4) is 0 Å². The Bertz CT molecular complexity index is 496. The molecule has 2 rings (SSSR count). The van der Waals surface area contributed by atoms with Gasteiger partial charge in [-0.05, 0) is 38.1 Å². The lowest BCUT2D eigenvalue weighted by atomic mass is 9.92. The first-order chi connectivity index (χ1) is 10.2. The molecule has 6 heteroatoms. The van der Waals surface area contributed by atoms with Gasteiger partial charge in [-0.25, -0.2) is 8.42 Å². The lowest BCUT2D eigenvalue weighted by Gasteiger charge is -2.37. The minimum absolute atomic E-state index is 0.0152. The van der Waals surface area contributed by atoms with Crippen molar-refractivity contribution >= 4 is 15.7 Å². The minimum Gasteiger partial charge on any atom is -0.341 e. The highest BCUT2D eigenvalue weighted by atomic mass is 32.2. The predicted molar refractivity (Wildman–Crippen MR) is 88.4 cm³/mol. The largest absolute Gasteiger partial charge is 0.341 e. The number of sulfone groups is 1. The van der Waals surface area contributed by atoms with Crippen molar-refractivity contribution in [1.82, 2.24) is 9.80 Å². The van der Waals surface area contributed by atoms with Crippen LogP contribution in [0, 0.1) is 11.8 Å². The second kappa shape index (κ2) is 6.87. The van der Waals surface area contributed by atoms with Gasteiger partial charge >= 0.3 is 0 Å². The molecule has 1 saturated carbocycles. The average Bonchev–Trinajstić information content (AvgIpc) is 2.86. The summed E-state index contributed by atoms with van der Waals surface area (Å²) in [5, 5.41) is -0.315. The molecular formula is C16H30N2O3S. The van der Waals surface area contributed by atoms with Crippen LogP contribution in [0.2, 0.25) is 0 Å². The molecule has 0 radical (unpaired) electrons. The third kappa shape index (κ3) is 4.22. The van der Waals surface area contributed by atoms with Crippen LogP contribution in [-0.2, 0) is 14.6 Å². The molecule has 0 aromatic heterocycles. The van der Waals surface area contributed by atoms with Gasteiger partial charge in [-0.15, -0.1) is 0 Å². The molecule has 1 heterocycles. The van der Waals surface area contributed by atoms with Gasteiger partial charge in [0.25, 0.3) is 0 Å². The highest BCUT2D eigenvalue weighted by molar-refractivity contribution is 7.91. The zero-order valence-corrected chi connectivity index (χ0v) is 15.1. The number of hydrogen-bond donors (Lipinski definition) is 0. The molecule has 0 bridgehead atoms. The van der Waals surface area contributed by atoms with E-state index in [-0.39, 0.29) is 17.2 Å². The molecule has 1 aliphatic heterocycles. The van der Waals surface area contributed by atoms with Crippen LogP contribution < -0.4 is 0 Å². The molecule has 22 heavy (non-hydrogen) atoms. The van der Waals surface area contributed by atoms with Gasteiger partial charge in [0, 0.05) is 25.4 Å². The van der Waals surface area contributed by atoms with E-state index in [1.165, 1.54) is 12.7 Å². The van der Waals surface area contributed by atoms with E-state index in [4.69, 9.17) is 0 Å². The number of nitrogens with zero attached hydrogens (tertiary/aromatic N) is 2. The van der Waals surface area contributed by atoms with E-state index in [0.717, 1.165) is 32.4 Å². The third-order valence-corrected chi connectivity index (χ3v) is 6.79. The second-order valence-electron chi connectivity index (χ2n) is 7.53. The van der Waals surface area contributed by atoms with Crippen molar-refractivity contribution < 1.29 is 13.2 Å². The third-order valence-electron chi connectivity index (χ3n) is 5.14. The van der Waals surface area contributed by atoms with Gasteiger partial charge < -0.3 is 4.90 Å². The van der Waals surface area contributed by atoms with Gasteiger partial charge in [-0.2, -0.15) is 0 Å². The van der Waals surface area contributed by atoms with Crippen molar-refractivity contribution in [3.63, 3.8) is 0 Å². The first-order valence-corrected chi connectivity index (χ1v) is 10.3. The smallest absolute Gasteiger partial charge is 0.236 e. The topological polar surface area (TPSA) is 57.7 Å². The Hall–Kier alpha value is -0.620. The van der Waals surface area contributed by atoms with Gasteiger partial charge in [0.15, 0.2) is 9.84 Å². The first kappa shape index (κ1) is 17.7. The maximum Gasteiger partial charge on any atom is 0.236 e. The molecule has 0 unspecified atom stereocenters. The number of rotatable bonds is 4. The summed E-state index contributed by atoms with van der Waals surface area (Å²) in [6, 6.07) is -0.0152. The molecule has 1 aliphatic carbocycles. The van der Waals surface area contributed by atoms with Gasteiger partial charge in [0.2, 0.25) is 5.91 Å². The lowest BCUT2D eigenvalue weighted by Crippen LogP contribution is -2.50.